The molecule has 0 bridgehead atoms. The van der Waals surface area contributed by atoms with Gasteiger partial charge in [-0.05, 0) is 31.4 Å². The second kappa shape index (κ2) is 8.41. The Morgan fingerprint density at radius 3 is 2.65 bits per heavy atom. The van der Waals surface area contributed by atoms with Crippen LogP contribution in [-0.4, -0.2) is 39.1 Å². The van der Waals surface area contributed by atoms with E-state index in [9.17, 15) is 4.79 Å². The van der Waals surface area contributed by atoms with Gasteiger partial charge in [0.05, 0.1) is 7.11 Å². The van der Waals surface area contributed by atoms with Crippen molar-refractivity contribution < 1.29 is 9.53 Å². The molecule has 0 aliphatic heterocycles. The first kappa shape index (κ1) is 17.1. The fourth-order valence-electron chi connectivity index (χ4n) is 2.25. The minimum atomic E-state index is 0.166. The van der Waals surface area contributed by atoms with Crippen molar-refractivity contribution in [3.63, 3.8) is 0 Å². The molecule has 23 heavy (non-hydrogen) atoms. The van der Waals surface area contributed by atoms with Gasteiger partial charge in [-0.15, -0.1) is 0 Å². The highest BCUT2D eigenvalue weighted by Gasteiger charge is 2.28. The summed E-state index contributed by atoms with van der Waals surface area (Å²) in [6.45, 7) is 3.90. The van der Waals surface area contributed by atoms with Crippen molar-refractivity contribution in [1.29, 1.82) is 0 Å². The molecule has 3 N–H and O–H groups in total. The molecule has 1 saturated carbocycles. The maximum atomic E-state index is 11.5. The van der Waals surface area contributed by atoms with Crippen molar-refractivity contribution in [3.8, 4) is 5.75 Å². The molecule has 1 aromatic carbocycles. The number of ether oxygens (including phenoxy) is 1. The third-order valence-corrected chi connectivity index (χ3v) is 3.78. The van der Waals surface area contributed by atoms with E-state index in [4.69, 9.17) is 4.74 Å². The van der Waals surface area contributed by atoms with Crippen LogP contribution in [-0.2, 0) is 11.3 Å². The minimum absolute atomic E-state index is 0.166. The Bertz CT molecular complexity index is 568. The standard InChI is InChI=1S/C17H26N4O2/c1-12-4-5-14(15(10-12)23-3)11-21-17(18-2)20-9-8-19-16(22)13-6-7-13/h4-5,10,13H,6-9,11H2,1-3H3,(H,19,22)(H2,18,20,21). The Labute approximate surface area is 137 Å². The number of nitrogens with one attached hydrogen (secondary N) is 3. The zero-order valence-electron chi connectivity index (χ0n) is 14.1. The lowest BCUT2D eigenvalue weighted by molar-refractivity contribution is -0.122. The number of hydrogen-bond acceptors (Lipinski definition) is 3. The van der Waals surface area contributed by atoms with Crippen LogP contribution in [0.1, 0.15) is 24.0 Å². The molecule has 0 atom stereocenters. The molecule has 1 amide bonds. The first-order valence-corrected chi connectivity index (χ1v) is 7.99. The molecule has 1 fully saturated rings. The van der Waals surface area contributed by atoms with Crippen LogP contribution < -0.4 is 20.7 Å². The third-order valence-electron chi connectivity index (χ3n) is 3.78. The summed E-state index contributed by atoms with van der Waals surface area (Å²) < 4.78 is 5.40. The second-order valence-corrected chi connectivity index (χ2v) is 5.73. The Morgan fingerprint density at radius 2 is 2.00 bits per heavy atom. The summed E-state index contributed by atoms with van der Waals surface area (Å²) in [5.74, 6) is 1.98. The number of amides is 1. The van der Waals surface area contributed by atoms with Crippen molar-refractivity contribution in [2.45, 2.75) is 26.3 Å². The van der Waals surface area contributed by atoms with E-state index in [-0.39, 0.29) is 11.8 Å². The predicted molar refractivity (Wildman–Crippen MR) is 91.7 cm³/mol. The zero-order chi connectivity index (χ0) is 16.7. The molecule has 6 nitrogen and oxygen atoms in total. The summed E-state index contributed by atoms with van der Waals surface area (Å²) in [6.07, 6.45) is 2.06. The zero-order valence-corrected chi connectivity index (χ0v) is 14.1. The van der Waals surface area contributed by atoms with Crippen molar-refractivity contribution in [3.05, 3.63) is 29.3 Å². The molecule has 1 aliphatic carbocycles. The molecule has 0 heterocycles. The number of methoxy groups -OCH3 is 1. The lowest BCUT2D eigenvalue weighted by atomic mass is 10.1. The van der Waals surface area contributed by atoms with Gasteiger partial charge in [0.15, 0.2) is 5.96 Å². The Morgan fingerprint density at radius 1 is 1.26 bits per heavy atom. The van der Waals surface area contributed by atoms with Gasteiger partial charge >= 0.3 is 0 Å². The van der Waals surface area contributed by atoms with E-state index in [1.165, 1.54) is 5.56 Å². The molecule has 126 valence electrons. The average molecular weight is 318 g/mol. The topological polar surface area (TPSA) is 74.8 Å². The Balaban J connectivity index is 1.73. The molecule has 6 heteroatoms. The summed E-state index contributed by atoms with van der Waals surface area (Å²) in [5.41, 5.74) is 2.24. The fraction of sp³-hybridized carbons (Fsp3) is 0.529. The van der Waals surface area contributed by atoms with Gasteiger partial charge in [-0.3, -0.25) is 9.79 Å². The number of nitrogens with zero attached hydrogens (tertiary/aromatic N) is 1. The second-order valence-electron chi connectivity index (χ2n) is 5.73. The van der Waals surface area contributed by atoms with Gasteiger partial charge in [0.2, 0.25) is 5.91 Å². The van der Waals surface area contributed by atoms with Crippen LogP contribution in [0.15, 0.2) is 23.2 Å². The van der Waals surface area contributed by atoms with Crippen molar-refractivity contribution >= 4 is 11.9 Å². The number of aryl methyl sites for hydroxylation is 1. The first-order valence-electron chi connectivity index (χ1n) is 7.99. The van der Waals surface area contributed by atoms with Crippen LogP contribution in [0.5, 0.6) is 5.75 Å². The molecule has 0 aromatic heterocycles. The maximum Gasteiger partial charge on any atom is 0.223 e. The van der Waals surface area contributed by atoms with E-state index in [1.807, 2.05) is 19.1 Å². The molecule has 0 radical (unpaired) electrons. The largest absolute Gasteiger partial charge is 0.496 e. The SMILES string of the molecule is CN=C(NCCNC(=O)C1CC1)NCc1ccc(C)cc1OC. The molecular formula is C17H26N4O2. The van der Waals surface area contributed by atoms with Gasteiger partial charge in [0.25, 0.3) is 0 Å². The van der Waals surface area contributed by atoms with E-state index in [1.54, 1.807) is 14.2 Å². The molecule has 0 saturated heterocycles. The van der Waals surface area contributed by atoms with Gasteiger partial charge in [0.1, 0.15) is 5.75 Å². The molecule has 2 rings (SSSR count). The summed E-state index contributed by atoms with van der Waals surface area (Å²) >= 11 is 0. The van der Waals surface area contributed by atoms with Gasteiger partial charge in [-0.1, -0.05) is 12.1 Å². The number of carbonyl (C=O) groups excluding carboxylic acids is 1. The summed E-state index contributed by atoms with van der Waals surface area (Å²) in [6, 6.07) is 6.12. The summed E-state index contributed by atoms with van der Waals surface area (Å²) in [4.78, 5) is 15.7. The predicted octanol–water partition coefficient (Wildman–Crippen LogP) is 1.19. The number of aliphatic imine (C=N–C) groups is 1. The first-order chi connectivity index (χ1) is 11.1. The van der Waals surface area contributed by atoms with Crippen LogP contribution in [0.3, 0.4) is 0 Å². The number of hydrogen-bond donors (Lipinski definition) is 3. The Kier molecular flexibility index (Phi) is 6.26. The number of benzene rings is 1. The lowest BCUT2D eigenvalue weighted by Crippen LogP contribution is -2.41. The minimum Gasteiger partial charge on any atom is -0.496 e. The monoisotopic (exact) mass is 318 g/mol. The van der Waals surface area contributed by atoms with Crippen molar-refractivity contribution in [2.24, 2.45) is 10.9 Å². The smallest absolute Gasteiger partial charge is 0.223 e. The highest BCUT2D eigenvalue weighted by molar-refractivity contribution is 5.81. The van der Waals surface area contributed by atoms with E-state index in [0.29, 0.717) is 25.6 Å². The number of carbonyl (C=O) groups is 1. The van der Waals surface area contributed by atoms with Gasteiger partial charge < -0.3 is 20.7 Å². The van der Waals surface area contributed by atoms with Gasteiger partial charge in [-0.25, -0.2) is 0 Å². The van der Waals surface area contributed by atoms with E-state index >= 15 is 0 Å². The molecular weight excluding hydrogens is 292 g/mol. The highest BCUT2D eigenvalue weighted by Crippen LogP contribution is 2.28. The van der Waals surface area contributed by atoms with Gasteiger partial charge in [-0.2, -0.15) is 0 Å². The van der Waals surface area contributed by atoms with Crippen molar-refractivity contribution in [1.82, 2.24) is 16.0 Å². The normalized spacial score (nSPS) is 14.3. The van der Waals surface area contributed by atoms with Gasteiger partial charge in [0, 0.05) is 38.2 Å². The van der Waals surface area contributed by atoms with Crippen LogP contribution in [0, 0.1) is 12.8 Å². The third kappa shape index (κ3) is 5.47. The molecule has 1 aromatic rings. The van der Waals surface area contributed by atoms with Crippen molar-refractivity contribution in [2.75, 3.05) is 27.2 Å². The molecule has 0 spiro atoms. The van der Waals surface area contributed by atoms with E-state index in [2.05, 4.69) is 27.0 Å². The van der Waals surface area contributed by atoms with E-state index in [0.717, 1.165) is 24.2 Å². The summed E-state index contributed by atoms with van der Waals surface area (Å²) in [5, 5.41) is 9.35. The van der Waals surface area contributed by atoms with Crippen LogP contribution in [0.25, 0.3) is 0 Å². The highest BCUT2D eigenvalue weighted by atomic mass is 16.5. The average Bonchev–Trinajstić information content (AvgIpc) is 3.39. The quantitative estimate of drug-likeness (QED) is 0.401. The summed E-state index contributed by atoms with van der Waals surface area (Å²) in [7, 11) is 3.40. The lowest BCUT2D eigenvalue weighted by Gasteiger charge is -2.14. The maximum absolute atomic E-state index is 11.5. The number of rotatable bonds is 7. The molecule has 1 aliphatic rings. The number of guanidine groups is 1. The molecule has 0 unspecified atom stereocenters. The Hall–Kier alpha value is -2.24. The van der Waals surface area contributed by atoms with Crippen LogP contribution >= 0.6 is 0 Å². The van der Waals surface area contributed by atoms with E-state index < -0.39 is 0 Å². The fourth-order valence-corrected chi connectivity index (χ4v) is 2.25. The van der Waals surface area contributed by atoms with Crippen LogP contribution in [0.4, 0.5) is 0 Å². The van der Waals surface area contributed by atoms with Crippen LogP contribution in [0.2, 0.25) is 0 Å².